The molecule has 1 unspecified atom stereocenters. The van der Waals surface area contributed by atoms with Gasteiger partial charge >= 0.3 is 0 Å². The molecule has 0 spiro atoms. The van der Waals surface area contributed by atoms with Gasteiger partial charge in [-0.1, -0.05) is 32.9 Å². The van der Waals surface area contributed by atoms with E-state index in [4.69, 9.17) is 19.6 Å². The highest BCUT2D eigenvalue weighted by Gasteiger charge is 2.39. The topological polar surface area (TPSA) is 101 Å². The minimum Gasteiger partial charge on any atom is -0.494 e. The number of carbonyl (C=O) groups excluding carboxylic acids is 1. The molecule has 0 saturated carbocycles. The van der Waals surface area contributed by atoms with Gasteiger partial charge in [-0.3, -0.25) is 4.79 Å². The number of hydrogen-bond acceptors (Lipinski definition) is 6. The maximum absolute atomic E-state index is 11.4. The third kappa shape index (κ3) is 7.41. The van der Waals surface area contributed by atoms with Crippen molar-refractivity contribution in [3.05, 3.63) is 60.8 Å². The summed E-state index contributed by atoms with van der Waals surface area (Å²) in [7, 11) is -0.391. The fourth-order valence-electron chi connectivity index (χ4n) is 3.54. The Kier molecular flexibility index (Phi) is 8.92. The molecule has 1 aromatic carbocycles. The molecule has 2 heterocycles. The molecule has 0 aliphatic carbocycles. The van der Waals surface area contributed by atoms with Crippen molar-refractivity contribution in [2.24, 2.45) is 5.73 Å². The van der Waals surface area contributed by atoms with Crippen LogP contribution in [0.3, 0.4) is 0 Å². The van der Waals surface area contributed by atoms with Gasteiger partial charge in [0, 0.05) is 30.6 Å². The summed E-state index contributed by atoms with van der Waals surface area (Å²) in [5.74, 6) is 0.865. The molecule has 2 N–H and O–H groups in total. The fourth-order valence-corrected chi connectivity index (χ4v) is 4.92. The van der Waals surface area contributed by atoms with Crippen molar-refractivity contribution in [1.29, 1.82) is 0 Å². The fraction of sp³-hybridized carbons (Fsp3) is 0.444. The normalized spacial score (nSPS) is 12.8. The van der Waals surface area contributed by atoms with Gasteiger partial charge < -0.3 is 24.2 Å². The zero-order chi connectivity index (χ0) is 26.3. The third-order valence-corrected chi connectivity index (χ3v) is 11.2. The van der Waals surface area contributed by atoms with Crippen LogP contribution in [-0.4, -0.2) is 48.6 Å². The smallest absolute Gasteiger partial charge is 0.268 e. The second-order valence-electron chi connectivity index (χ2n) is 10.4. The molecular formula is C27H38N4O4Si. The lowest BCUT2D eigenvalue weighted by Crippen LogP contribution is -2.45. The molecule has 1 atom stereocenters. The number of nitrogens with zero attached hydrogens (tertiary/aromatic N) is 3. The lowest BCUT2D eigenvalue weighted by atomic mass is 10.1. The number of methoxy groups -OCH3 is 1. The molecule has 0 radical (unpaired) electrons. The summed E-state index contributed by atoms with van der Waals surface area (Å²) < 4.78 is 19.8. The maximum atomic E-state index is 11.4. The van der Waals surface area contributed by atoms with Crippen LogP contribution in [-0.2, 0) is 11.0 Å². The lowest BCUT2D eigenvalue weighted by molar-refractivity contribution is 0.0995. The number of benzene rings is 1. The summed E-state index contributed by atoms with van der Waals surface area (Å²) in [5, 5.41) is 0.0891. The molecule has 0 aliphatic rings. The van der Waals surface area contributed by atoms with E-state index in [0.717, 1.165) is 29.7 Å². The van der Waals surface area contributed by atoms with Gasteiger partial charge in [0.25, 0.3) is 5.91 Å². The van der Waals surface area contributed by atoms with E-state index in [1.165, 1.54) is 0 Å². The Labute approximate surface area is 214 Å². The van der Waals surface area contributed by atoms with Gasteiger partial charge in [0.15, 0.2) is 8.32 Å². The van der Waals surface area contributed by atoms with Crippen molar-refractivity contribution in [3.8, 4) is 22.8 Å². The van der Waals surface area contributed by atoms with Crippen LogP contribution in [0.25, 0.3) is 11.1 Å². The zero-order valence-electron chi connectivity index (χ0n) is 22.2. The molecule has 9 heteroatoms. The Morgan fingerprint density at radius 1 is 1.14 bits per heavy atom. The standard InChI is InChI=1S/C27H38N4O4Si/c1-27(2,3)36(5,6)35-23(17-31-18-24(26(28)32)30-19-31)11-8-14-34-22-10-7-9-20(15-22)21-12-13-25(33-4)29-16-21/h7,9-10,12-13,15-16,18-19,23H,8,11,14,17H2,1-6H3,(H2,28,32). The van der Waals surface area contributed by atoms with Gasteiger partial charge in [-0.25, -0.2) is 9.97 Å². The van der Waals surface area contributed by atoms with Crippen molar-refractivity contribution in [2.45, 2.75) is 64.4 Å². The first-order chi connectivity index (χ1) is 17.0. The first-order valence-corrected chi connectivity index (χ1v) is 15.1. The second kappa shape index (κ2) is 11.7. The first-order valence-electron chi connectivity index (χ1n) is 12.2. The van der Waals surface area contributed by atoms with Crippen molar-refractivity contribution < 1.29 is 18.7 Å². The Morgan fingerprint density at radius 3 is 2.53 bits per heavy atom. The molecule has 2 aromatic heterocycles. The van der Waals surface area contributed by atoms with Crippen LogP contribution in [0.4, 0.5) is 0 Å². The molecule has 0 aliphatic heterocycles. The predicted octanol–water partition coefficient (Wildman–Crippen LogP) is 5.30. The summed E-state index contributed by atoms with van der Waals surface area (Å²) >= 11 is 0. The molecule has 0 fully saturated rings. The minimum atomic E-state index is -1.99. The van der Waals surface area contributed by atoms with E-state index >= 15 is 0 Å². The van der Waals surface area contributed by atoms with Crippen LogP contribution in [0.15, 0.2) is 55.1 Å². The van der Waals surface area contributed by atoms with E-state index < -0.39 is 14.2 Å². The van der Waals surface area contributed by atoms with E-state index in [9.17, 15) is 4.79 Å². The highest BCUT2D eigenvalue weighted by Crippen LogP contribution is 2.38. The number of aromatic nitrogens is 3. The summed E-state index contributed by atoms with van der Waals surface area (Å²) in [6, 6.07) is 11.8. The number of ether oxygens (including phenoxy) is 2. The highest BCUT2D eigenvalue weighted by atomic mass is 28.4. The van der Waals surface area contributed by atoms with Crippen LogP contribution in [0.2, 0.25) is 18.1 Å². The monoisotopic (exact) mass is 510 g/mol. The van der Waals surface area contributed by atoms with Gasteiger partial charge in [0.1, 0.15) is 11.4 Å². The Morgan fingerprint density at radius 2 is 1.92 bits per heavy atom. The van der Waals surface area contributed by atoms with Crippen LogP contribution in [0, 0.1) is 0 Å². The molecule has 194 valence electrons. The summed E-state index contributed by atoms with van der Waals surface area (Å²) in [6.45, 7) is 12.4. The van der Waals surface area contributed by atoms with Crippen LogP contribution in [0.5, 0.6) is 11.6 Å². The third-order valence-electron chi connectivity index (χ3n) is 6.62. The van der Waals surface area contributed by atoms with E-state index in [1.807, 2.05) is 41.0 Å². The minimum absolute atomic E-state index is 0.0267. The van der Waals surface area contributed by atoms with Gasteiger partial charge in [-0.15, -0.1) is 0 Å². The van der Waals surface area contributed by atoms with Crippen molar-refractivity contribution in [2.75, 3.05) is 13.7 Å². The number of rotatable bonds is 12. The van der Waals surface area contributed by atoms with Crippen molar-refractivity contribution in [1.82, 2.24) is 14.5 Å². The number of carbonyl (C=O) groups is 1. The van der Waals surface area contributed by atoms with Gasteiger partial charge in [0.2, 0.25) is 5.88 Å². The number of imidazole rings is 1. The molecule has 1 amide bonds. The van der Waals surface area contributed by atoms with Gasteiger partial charge in [-0.05, 0) is 54.7 Å². The van der Waals surface area contributed by atoms with E-state index in [-0.39, 0.29) is 16.8 Å². The SMILES string of the molecule is COc1ccc(-c2cccc(OCCCC(Cn3cnc(C(N)=O)c3)O[Si](C)(C)C(C)(C)C)c2)cn1. The van der Waals surface area contributed by atoms with Gasteiger partial charge in [-0.2, -0.15) is 0 Å². The average molecular weight is 511 g/mol. The number of pyridine rings is 1. The van der Waals surface area contributed by atoms with Crippen molar-refractivity contribution >= 4 is 14.2 Å². The van der Waals surface area contributed by atoms with Gasteiger partial charge in [0.05, 0.1) is 26.1 Å². The number of amides is 1. The van der Waals surface area contributed by atoms with E-state index in [2.05, 4.69) is 43.8 Å². The Hall–Kier alpha value is -3.17. The molecule has 3 aromatic rings. The van der Waals surface area contributed by atoms with E-state index in [1.54, 1.807) is 25.8 Å². The molecule has 8 nitrogen and oxygen atoms in total. The molecule has 3 rings (SSSR count). The second-order valence-corrected chi connectivity index (χ2v) is 15.2. The molecule has 36 heavy (non-hydrogen) atoms. The highest BCUT2D eigenvalue weighted by molar-refractivity contribution is 6.74. The Balaban J connectivity index is 1.61. The van der Waals surface area contributed by atoms with Crippen LogP contribution >= 0.6 is 0 Å². The summed E-state index contributed by atoms with van der Waals surface area (Å²) in [6.07, 6.45) is 6.73. The largest absolute Gasteiger partial charge is 0.494 e. The summed E-state index contributed by atoms with van der Waals surface area (Å²) in [5.41, 5.74) is 7.66. The molecular weight excluding hydrogens is 472 g/mol. The number of primary amides is 1. The Bertz CT molecular complexity index is 1140. The number of hydrogen-bond donors (Lipinski definition) is 1. The number of nitrogens with two attached hydrogens (primary N) is 1. The molecule has 0 saturated heterocycles. The van der Waals surface area contributed by atoms with E-state index in [0.29, 0.717) is 19.0 Å². The first kappa shape index (κ1) is 27.4. The maximum Gasteiger partial charge on any atom is 0.268 e. The predicted molar refractivity (Wildman–Crippen MR) is 144 cm³/mol. The summed E-state index contributed by atoms with van der Waals surface area (Å²) in [4.78, 5) is 19.8. The van der Waals surface area contributed by atoms with Crippen LogP contribution < -0.4 is 15.2 Å². The molecule has 0 bridgehead atoms. The lowest BCUT2D eigenvalue weighted by Gasteiger charge is -2.39. The zero-order valence-corrected chi connectivity index (χ0v) is 23.2. The van der Waals surface area contributed by atoms with Crippen molar-refractivity contribution in [3.63, 3.8) is 0 Å². The average Bonchev–Trinajstić information content (AvgIpc) is 3.30. The quantitative estimate of drug-likeness (QED) is 0.262. The van der Waals surface area contributed by atoms with Crippen LogP contribution in [0.1, 0.15) is 44.1 Å².